The summed E-state index contributed by atoms with van der Waals surface area (Å²) in [6.07, 6.45) is 0.103. The average Bonchev–Trinajstić information content (AvgIpc) is 2.88. The largest absolute Gasteiger partial charge is 0.493 e. The fraction of sp³-hybridized carbons (Fsp3) is 0.200. The molecule has 1 atom stereocenters. The van der Waals surface area contributed by atoms with Crippen molar-refractivity contribution in [3.05, 3.63) is 63.4 Å². The number of rotatable bonds is 2. The number of aliphatic hydroxyl groups excluding tert-OH is 1. The summed E-state index contributed by atoms with van der Waals surface area (Å²) in [6, 6.07) is 10.2. The van der Waals surface area contributed by atoms with Crippen LogP contribution in [0.3, 0.4) is 0 Å². The molecule has 0 radical (unpaired) electrons. The van der Waals surface area contributed by atoms with Gasteiger partial charge in [-0.2, -0.15) is 0 Å². The summed E-state index contributed by atoms with van der Waals surface area (Å²) in [5.74, 6) is 0.551. The van der Waals surface area contributed by atoms with Gasteiger partial charge < -0.3 is 9.84 Å². The van der Waals surface area contributed by atoms with E-state index in [1.807, 2.05) is 18.2 Å². The van der Waals surface area contributed by atoms with Gasteiger partial charge in [0.05, 0.1) is 11.1 Å². The van der Waals surface area contributed by atoms with E-state index in [1.54, 1.807) is 12.1 Å². The lowest BCUT2D eigenvalue weighted by molar-refractivity contribution is 0.220. The Labute approximate surface area is 119 Å². The molecule has 0 fully saturated rings. The van der Waals surface area contributed by atoms with Crippen molar-refractivity contribution in [2.75, 3.05) is 6.61 Å². The molecule has 2 nitrogen and oxygen atoms in total. The van der Waals surface area contributed by atoms with Crippen molar-refractivity contribution < 1.29 is 14.2 Å². The molecule has 1 N–H and O–H groups in total. The maximum Gasteiger partial charge on any atom is 0.137 e. The molecule has 19 heavy (non-hydrogen) atoms. The van der Waals surface area contributed by atoms with Crippen molar-refractivity contribution in [1.29, 1.82) is 0 Å². The van der Waals surface area contributed by atoms with Crippen molar-refractivity contribution in [2.24, 2.45) is 0 Å². The highest BCUT2D eigenvalue weighted by molar-refractivity contribution is 9.10. The van der Waals surface area contributed by atoms with Gasteiger partial charge in [-0.05, 0) is 56.9 Å². The molecule has 0 saturated carbocycles. The van der Waals surface area contributed by atoms with Crippen LogP contribution in [0.15, 0.2) is 40.9 Å². The van der Waals surface area contributed by atoms with Crippen LogP contribution in [0.25, 0.3) is 0 Å². The van der Waals surface area contributed by atoms with Gasteiger partial charge in [0.25, 0.3) is 0 Å². The normalized spacial score (nSPS) is 14.9. The number of fused-ring (bicyclic) bond motifs is 1. The molecule has 4 heteroatoms. The molecule has 0 spiro atoms. The first-order chi connectivity index (χ1) is 9.15. The van der Waals surface area contributed by atoms with E-state index in [9.17, 15) is 9.50 Å². The zero-order valence-electron chi connectivity index (χ0n) is 10.1. The lowest BCUT2D eigenvalue weighted by Crippen LogP contribution is -2.00. The molecule has 0 aliphatic carbocycles. The number of ether oxygens (including phenoxy) is 1. The molecule has 0 bridgehead atoms. The highest BCUT2D eigenvalue weighted by atomic mass is 79.9. The van der Waals surface area contributed by atoms with Gasteiger partial charge in [-0.25, -0.2) is 4.39 Å². The Morgan fingerprint density at radius 2 is 1.89 bits per heavy atom. The zero-order valence-corrected chi connectivity index (χ0v) is 11.7. The molecule has 2 aromatic carbocycles. The Morgan fingerprint density at radius 1 is 1.16 bits per heavy atom. The predicted octanol–water partition coefficient (Wildman–Crippen LogP) is 3.60. The van der Waals surface area contributed by atoms with E-state index < -0.39 is 6.10 Å². The van der Waals surface area contributed by atoms with E-state index in [-0.39, 0.29) is 5.82 Å². The third-order valence-corrected chi connectivity index (χ3v) is 3.90. The van der Waals surface area contributed by atoms with Crippen LogP contribution < -0.4 is 4.74 Å². The summed E-state index contributed by atoms with van der Waals surface area (Å²) in [6.45, 7) is 0.691. The van der Waals surface area contributed by atoms with E-state index in [2.05, 4.69) is 15.9 Å². The Bertz CT molecular complexity index is 628. The van der Waals surface area contributed by atoms with Crippen LogP contribution in [0.1, 0.15) is 22.8 Å². The van der Waals surface area contributed by atoms with Gasteiger partial charge >= 0.3 is 0 Å². The second-order valence-electron chi connectivity index (χ2n) is 4.54. The van der Waals surface area contributed by atoms with Gasteiger partial charge in [0.15, 0.2) is 0 Å². The lowest BCUT2D eigenvalue weighted by atomic mass is 9.99. The van der Waals surface area contributed by atoms with Crippen molar-refractivity contribution in [3.63, 3.8) is 0 Å². The van der Waals surface area contributed by atoms with Crippen molar-refractivity contribution in [3.8, 4) is 5.75 Å². The van der Waals surface area contributed by atoms with Gasteiger partial charge in [0.2, 0.25) is 0 Å². The first kappa shape index (κ1) is 12.6. The van der Waals surface area contributed by atoms with Gasteiger partial charge in [0.1, 0.15) is 17.7 Å². The first-order valence-corrected chi connectivity index (χ1v) is 6.83. The van der Waals surface area contributed by atoms with E-state index in [0.29, 0.717) is 16.6 Å². The minimum absolute atomic E-state index is 0.335. The fourth-order valence-corrected chi connectivity index (χ4v) is 2.65. The summed E-state index contributed by atoms with van der Waals surface area (Å²) in [4.78, 5) is 0. The summed E-state index contributed by atoms with van der Waals surface area (Å²) in [7, 11) is 0. The minimum atomic E-state index is -0.761. The highest BCUT2D eigenvalue weighted by Crippen LogP contribution is 2.31. The third kappa shape index (κ3) is 2.38. The molecule has 1 aliphatic heterocycles. The van der Waals surface area contributed by atoms with Gasteiger partial charge in [-0.1, -0.05) is 12.1 Å². The predicted molar refractivity (Wildman–Crippen MR) is 73.8 cm³/mol. The molecule has 1 aliphatic rings. The third-order valence-electron chi connectivity index (χ3n) is 3.29. The van der Waals surface area contributed by atoms with Crippen LogP contribution in [0.4, 0.5) is 4.39 Å². The standard InChI is InChI=1S/C15H12BrFO2/c16-12-8-11(1-3-13(12)17)15(18)10-2-4-14-9(7-10)5-6-19-14/h1-4,7-8,15,18H,5-6H2. The molecule has 3 rings (SSSR count). The van der Waals surface area contributed by atoms with E-state index >= 15 is 0 Å². The van der Waals surface area contributed by atoms with Crippen LogP contribution in [0, 0.1) is 5.82 Å². The molecule has 0 aromatic heterocycles. The maximum absolute atomic E-state index is 13.2. The summed E-state index contributed by atoms with van der Waals surface area (Å²) >= 11 is 3.13. The molecule has 1 heterocycles. The maximum atomic E-state index is 13.2. The van der Waals surface area contributed by atoms with E-state index in [0.717, 1.165) is 23.3 Å². The SMILES string of the molecule is OC(c1ccc(F)c(Br)c1)c1ccc2c(c1)CCO2. The molecule has 98 valence electrons. The number of hydrogen-bond acceptors (Lipinski definition) is 2. The van der Waals surface area contributed by atoms with Gasteiger partial charge in [-0.15, -0.1) is 0 Å². The Morgan fingerprint density at radius 3 is 2.68 bits per heavy atom. The van der Waals surface area contributed by atoms with Crippen molar-refractivity contribution in [2.45, 2.75) is 12.5 Å². The molecular formula is C15H12BrFO2. The molecule has 2 aromatic rings. The summed E-state index contributed by atoms with van der Waals surface area (Å²) < 4.78 is 19.0. The van der Waals surface area contributed by atoms with Gasteiger partial charge in [0, 0.05) is 6.42 Å². The Hall–Kier alpha value is -1.39. The quantitative estimate of drug-likeness (QED) is 0.915. The molecule has 0 saturated heterocycles. The second-order valence-corrected chi connectivity index (χ2v) is 5.40. The number of aliphatic hydroxyl groups is 1. The topological polar surface area (TPSA) is 29.5 Å². The van der Waals surface area contributed by atoms with Crippen LogP contribution >= 0.6 is 15.9 Å². The number of benzene rings is 2. The Balaban J connectivity index is 1.94. The monoisotopic (exact) mass is 322 g/mol. The van der Waals surface area contributed by atoms with Crippen molar-refractivity contribution in [1.82, 2.24) is 0 Å². The fourth-order valence-electron chi connectivity index (χ4n) is 2.25. The number of hydrogen-bond donors (Lipinski definition) is 1. The van der Waals surface area contributed by atoms with Gasteiger partial charge in [-0.3, -0.25) is 0 Å². The minimum Gasteiger partial charge on any atom is -0.493 e. The molecule has 1 unspecified atom stereocenters. The summed E-state index contributed by atoms with van der Waals surface area (Å²) in [5, 5.41) is 10.4. The van der Waals surface area contributed by atoms with Crippen molar-refractivity contribution >= 4 is 15.9 Å². The average molecular weight is 323 g/mol. The van der Waals surface area contributed by atoms with Crippen LogP contribution in [-0.4, -0.2) is 11.7 Å². The second kappa shape index (κ2) is 4.94. The zero-order chi connectivity index (χ0) is 13.4. The Kier molecular flexibility index (Phi) is 3.29. The summed E-state index contributed by atoms with van der Waals surface area (Å²) in [5.41, 5.74) is 2.56. The smallest absolute Gasteiger partial charge is 0.137 e. The first-order valence-electron chi connectivity index (χ1n) is 6.04. The number of halogens is 2. The van der Waals surface area contributed by atoms with E-state index in [1.165, 1.54) is 6.07 Å². The van der Waals surface area contributed by atoms with Crippen LogP contribution in [-0.2, 0) is 6.42 Å². The molecule has 0 amide bonds. The highest BCUT2D eigenvalue weighted by Gasteiger charge is 2.17. The lowest BCUT2D eigenvalue weighted by Gasteiger charge is -2.13. The molecular weight excluding hydrogens is 311 g/mol. The van der Waals surface area contributed by atoms with E-state index in [4.69, 9.17) is 4.74 Å². The van der Waals surface area contributed by atoms with Crippen LogP contribution in [0.2, 0.25) is 0 Å². The van der Waals surface area contributed by atoms with Crippen LogP contribution in [0.5, 0.6) is 5.75 Å².